The van der Waals surface area contributed by atoms with Gasteiger partial charge in [0.15, 0.2) is 6.29 Å². The SMILES string of the molecule is Cc1cc2c(C=O)c(C(C)C)[nH]c2cn1. The highest BCUT2D eigenvalue weighted by atomic mass is 16.1. The molecule has 0 aliphatic carbocycles. The molecule has 15 heavy (non-hydrogen) atoms. The average molecular weight is 202 g/mol. The van der Waals surface area contributed by atoms with Crippen molar-refractivity contribution in [3.8, 4) is 0 Å². The third-order valence-electron chi connectivity index (χ3n) is 2.59. The Kier molecular flexibility index (Phi) is 2.31. The molecule has 2 aromatic heterocycles. The monoisotopic (exact) mass is 202 g/mol. The predicted octanol–water partition coefficient (Wildman–Crippen LogP) is 2.81. The van der Waals surface area contributed by atoms with Crippen molar-refractivity contribution in [3.05, 3.63) is 29.2 Å². The van der Waals surface area contributed by atoms with E-state index in [0.29, 0.717) is 5.92 Å². The lowest BCUT2D eigenvalue weighted by atomic mass is 10.0. The van der Waals surface area contributed by atoms with Gasteiger partial charge < -0.3 is 4.98 Å². The van der Waals surface area contributed by atoms with Crippen LogP contribution in [0.3, 0.4) is 0 Å². The summed E-state index contributed by atoms with van der Waals surface area (Å²) in [6, 6.07) is 1.95. The Hall–Kier alpha value is -1.64. The van der Waals surface area contributed by atoms with Gasteiger partial charge in [0, 0.05) is 22.3 Å². The van der Waals surface area contributed by atoms with E-state index in [9.17, 15) is 4.79 Å². The number of carbonyl (C=O) groups excluding carboxylic acids is 1. The summed E-state index contributed by atoms with van der Waals surface area (Å²) in [6.07, 6.45) is 2.71. The van der Waals surface area contributed by atoms with Crippen LogP contribution >= 0.6 is 0 Å². The molecule has 0 atom stereocenters. The molecule has 1 N–H and O–H groups in total. The highest BCUT2D eigenvalue weighted by Crippen LogP contribution is 2.26. The summed E-state index contributed by atoms with van der Waals surface area (Å²) in [5.41, 5.74) is 3.63. The summed E-state index contributed by atoms with van der Waals surface area (Å²) in [4.78, 5) is 18.5. The van der Waals surface area contributed by atoms with E-state index in [1.54, 1.807) is 6.20 Å². The van der Waals surface area contributed by atoms with Crippen LogP contribution in [0.15, 0.2) is 12.3 Å². The summed E-state index contributed by atoms with van der Waals surface area (Å²) in [5, 5.41) is 0.973. The van der Waals surface area contributed by atoms with E-state index in [0.717, 1.165) is 34.1 Å². The lowest BCUT2D eigenvalue weighted by molar-refractivity contribution is 0.112. The summed E-state index contributed by atoms with van der Waals surface area (Å²) in [6.45, 7) is 6.06. The molecule has 0 spiro atoms. The summed E-state index contributed by atoms with van der Waals surface area (Å²) >= 11 is 0. The second kappa shape index (κ2) is 3.50. The minimum absolute atomic E-state index is 0.318. The lowest BCUT2D eigenvalue weighted by Gasteiger charge is -2.01. The Bertz CT molecular complexity index is 512. The van der Waals surface area contributed by atoms with Gasteiger partial charge in [-0.2, -0.15) is 0 Å². The van der Waals surface area contributed by atoms with Crippen molar-refractivity contribution in [1.82, 2.24) is 9.97 Å². The number of H-pyrrole nitrogens is 1. The average Bonchev–Trinajstić information content (AvgIpc) is 2.55. The second-order valence-corrected chi connectivity index (χ2v) is 4.10. The Morgan fingerprint density at radius 2 is 2.20 bits per heavy atom. The number of aryl methyl sites for hydroxylation is 1. The number of aromatic nitrogens is 2. The van der Waals surface area contributed by atoms with Crippen LogP contribution in [-0.2, 0) is 0 Å². The first-order valence-corrected chi connectivity index (χ1v) is 5.07. The van der Waals surface area contributed by atoms with Gasteiger partial charge in [-0.1, -0.05) is 13.8 Å². The highest BCUT2D eigenvalue weighted by Gasteiger charge is 2.13. The fourth-order valence-corrected chi connectivity index (χ4v) is 1.82. The maximum Gasteiger partial charge on any atom is 0.152 e. The van der Waals surface area contributed by atoms with Crippen LogP contribution in [-0.4, -0.2) is 16.3 Å². The smallest absolute Gasteiger partial charge is 0.152 e. The molecule has 0 saturated heterocycles. The van der Waals surface area contributed by atoms with Crippen molar-refractivity contribution < 1.29 is 4.79 Å². The number of fused-ring (bicyclic) bond motifs is 1. The maximum atomic E-state index is 11.1. The first-order valence-electron chi connectivity index (χ1n) is 5.07. The van der Waals surface area contributed by atoms with Crippen molar-refractivity contribution in [3.63, 3.8) is 0 Å². The molecule has 0 radical (unpaired) electrons. The number of pyridine rings is 1. The number of nitrogens with zero attached hydrogens (tertiary/aromatic N) is 1. The van der Waals surface area contributed by atoms with Gasteiger partial charge in [-0.05, 0) is 18.9 Å². The summed E-state index contributed by atoms with van der Waals surface area (Å²) in [7, 11) is 0. The number of hydrogen-bond donors (Lipinski definition) is 1. The summed E-state index contributed by atoms with van der Waals surface area (Å²) < 4.78 is 0. The zero-order valence-electron chi connectivity index (χ0n) is 9.16. The molecule has 0 aliphatic heterocycles. The van der Waals surface area contributed by atoms with Crippen LogP contribution in [0.4, 0.5) is 0 Å². The van der Waals surface area contributed by atoms with Crippen LogP contribution in [0.2, 0.25) is 0 Å². The molecule has 78 valence electrons. The quantitative estimate of drug-likeness (QED) is 0.761. The van der Waals surface area contributed by atoms with Crippen molar-refractivity contribution in [2.75, 3.05) is 0 Å². The molecular formula is C12H14N2O. The molecule has 3 heteroatoms. The van der Waals surface area contributed by atoms with E-state index in [-0.39, 0.29) is 0 Å². The van der Waals surface area contributed by atoms with E-state index in [1.807, 2.05) is 13.0 Å². The lowest BCUT2D eigenvalue weighted by Crippen LogP contribution is -1.92. The highest BCUT2D eigenvalue weighted by molar-refractivity contribution is 5.98. The Balaban J connectivity index is 2.79. The Morgan fingerprint density at radius 3 is 2.80 bits per heavy atom. The van der Waals surface area contributed by atoms with Crippen molar-refractivity contribution in [2.45, 2.75) is 26.7 Å². The number of nitrogens with one attached hydrogen (secondary N) is 1. The van der Waals surface area contributed by atoms with Crippen LogP contribution in [0, 0.1) is 6.92 Å². The van der Waals surface area contributed by atoms with E-state index in [2.05, 4.69) is 23.8 Å². The molecule has 0 amide bonds. The topological polar surface area (TPSA) is 45.8 Å². The van der Waals surface area contributed by atoms with Gasteiger partial charge in [0.1, 0.15) is 0 Å². The molecular weight excluding hydrogens is 188 g/mol. The van der Waals surface area contributed by atoms with Gasteiger partial charge in [-0.15, -0.1) is 0 Å². The van der Waals surface area contributed by atoms with Gasteiger partial charge in [-0.3, -0.25) is 9.78 Å². The standard InChI is InChI=1S/C12H14N2O/c1-7(2)12-10(6-15)9-4-8(3)13-5-11(9)14-12/h4-7,14H,1-3H3. The Morgan fingerprint density at radius 1 is 1.47 bits per heavy atom. The number of aromatic amines is 1. The largest absolute Gasteiger partial charge is 0.356 e. The van der Waals surface area contributed by atoms with E-state index in [1.165, 1.54) is 0 Å². The van der Waals surface area contributed by atoms with E-state index < -0.39 is 0 Å². The molecule has 0 unspecified atom stereocenters. The second-order valence-electron chi connectivity index (χ2n) is 4.10. The molecule has 2 rings (SSSR count). The fraction of sp³-hybridized carbons (Fsp3) is 0.333. The number of hydrogen-bond acceptors (Lipinski definition) is 2. The summed E-state index contributed by atoms with van der Waals surface area (Å²) in [5.74, 6) is 0.318. The normalized spacial score (nSPS) is 11.2. The van der Waals surface area contributed by atoms with Gasteiger partial charge in [0.25, 0.3) is 0 Å². The van der Waals surface area contributed by atoms with E-state index >= 15 is 0 Å². The molecule has 0 fully saturated rings. The molecule has 0 aliphatic rings. The minimum atomic E-state index is 0.318. The molecule has 2 aromatic rings. The third kappa shape index (κ3) is 1.54. The van der Waals surface area contributed by atoms with Crippen molar-refractivity contribution >= 4 is 17.2 Å². The molecule has 0 bridgehead atoms. The van der Waals surface area contributed by atoms with E-state index in [4.69, 9.17) is 0 Å². The molecule has 0 saturated carbocycles. The minimum Gasteiger partial charge on any atom is -0.356 e. The zero-order valence-corrected chi connectivity index (χ0v) is 9.16. The van der Waals surface area contributed by atoms with Gasteiger partial charge in [0.05, 0.1) is 11.7 Å². The molecule has 0 aromatic carbocycles. The van der Waals surface area contributed by atoms with Gasteiger partial charge in [0.2, 0.25) is 0 Å². The zero-order chi connectivity index (χ0) is 11.0. The third-order valence-corrected chi connectivity index (χ3v) is 2.59. The first-order chi connectivity index (χ1) is 7.13. The maximum absolute atomic E-state index is 11.1. The van der Waals surface area contributed by atoms with Gasteiger partial charge in [-0.25, -0.2) is 0 Å². The molecule has 2 heterocycles. The number of aldehydes is 1. The van der Waals surface area contributed by atoms with Crippen molar-refractivity contribution in [1.29, 1.82) is 0 Å². The van der Waals surface area contributed by atoms with Crippen molar-refractivity contribution in [2.24, 2.45) is 0 Å². The first kappa shape index (κ1) is 9.90. The van der Waals surface area contributed by atoms with Crippen LogP contribution in [0.25, 0.3) is 10.9 Å². The van der Waals surface area contributed by atoms with Crippen LogP contribution in [0.1, 0.15) is 41.5 Å². The van der Waals surface area contributed by atoms with Crippen LogP contribution in [0.5, 0.6) is 0 Å². The Labute approximate surface area is 88.5 Å². The van der Waals surface area contributed by atoms with Crippen LogP contribution < -0.4 is 0 Å². The predicted molar refractivity (Wildman–Crippen MR) is 60.3 cm³/mol. The number of carbonyl (C=O) groups is 1. The molecule has 3 nitrogen and oxygen atoms in total. The number of rotatable bonds is 2. The fourth-order valence-electron chi connectivity index (χ4n) is 1.82. The van der Waals surface area contributed by atoms with Gasteiger partial charge >= 0.3 is 0 Å².